The quantitative estimate of drug-likeness (QED) is 0.495. The topological polar surface area (TPSA) is 74.3 Å². The number of rotatable bonds is 4. The van der Waals surface area contributed by atoms with Crippen LogP contribution in [-0.2, 0) is 0 Å². The summed E-state index contributed by atoms with van der Waals surface area (Å²) in [5.41, 5.74) is 2.59. The lowest BCUT2D eigenvalue weighted by atomic mass is 9.90. The van der Waals surface area contributed by atoms with Gasteiger partial charge in [-0.25, -0.2) is 18.7 Å². The van der Waals surface area contributed by atoms with Crippen LogP contribution < -0.4 is 9.64 Å². The largest absolute Gasteiger partial charge is 0.573 e. The van der Waals surface area contributed by atoms with Crippen molar-refractivity contribution in [2.75, 3.05) is 31.1 Å². The van der Waals surface area contributed by atoms with Crippen molar-refractivity contribution in [3.63, 3.8) is 0 Å². The highest BCUT2D eigenvalue weighted by molar-refractivity contribution is 5.94. The molecule has 4 heterocycles. The number of piperidine rings is 2. The normalized spacial score (nSPS) is 19.0. The first-order valence-electron chi connectivity index (χ1n) is 11.7. The number of nitrogens with zero attached hydrogens (tertiary/aromatic N) is 4. The number of amides is 1. The van der Waals surface area contributed by atoms with Gasteiger partial charge in [0.2, 0.25) is 0 Å². The van der Waals surface area contributed by atoms with E-state index in [9.17, 15) is 26.7 Å². The van der Waals surface area contributed by atoms with Gasteiger partial charge in [-0.1, -0.05) is 0 Å². The molecule has 3 aromatic rings. The second-order valence-electron chi connectivity index (χ2n) is 9.15. The Morgan fingerprint density at radius 3 is 2.36 bits per heavy atom. The molecule has 0 spiro atoms. The molecule has 36 heavy (non-hydrogen) atoms. The van der Waals surface area contributed by atoms with Gasteiger partial charge in [-0.05, 0) is 43.0 Å². The van der Waals surface area contributed by atoms with E-state index in [0.29, 0.717) is 42.9 Å². The number of ether oxygens (including phenoxy) is 1. The molecule has 2 aromatic heterocycles. The van der Waals surface area contributed by atoms with Crippen LogP contribution >= 0.6 is 0 Å². The van der Waals surface area contributed by atoms with Gasteiger partial charge in [0.05, 0.1) is 6.20 Å². The van der Waals surface area contributed by atoms with Crippen LogP contribution in [0.2, 0.25) is 0 Å². The highest BCUT2D eigenvalue weighted by atomic mass is 19.4. The van der Waals surface area contributed by atoms with Crippen molar-refractivity contribution in [3.8, 4) is 5.75 Å². The van der Waals surface area contributed by atoms with E-state index in [0.717, 1.165) is 17.7 Å². The molecule has 1 N–H and O–H groups in total. The van der Waals surface area contributed by atoms with E-state index in [2.05, 4.69) is 14.7 Å². The minimum Gasteiger partial charge on any atom is -0.406 e. The predicted molar refractivity (Wildman–Crippen MR) is 121 cm³/mol. The summed E-state index contributed by atoms with van der Waals surface area (Å²) in [6.45, 7) is 1.39. The van der Waals surface area contributed by atoms with Gasteiger partial charge in [-0.3, -0.25) is 4.79 Å². The van der Waals surface area contributed by atoms with Gasteiger partial charge in [0.1, 0.15) is 17.1 Å². The Kier molecular flexibility index (Phi) is 6.21. The third kappa shape index (κ3) is 5.21. The first-order chi connectivity index (χ1) is 17.1. The van der Waals surface area contributed by atoms with Crippen molar-refractivity contribution < 1.29 is 31.5 Å². The number of halogens is 5. The average Bonchev–Trinajstić information content (AvgIpc) is 3.26. The van der Waals surface area contributed by atoms with Gasteiger partial charge in [-0.15, -0.1) is 13.2 Å². The van der Waals surface area contributed by atoms with Crippen molar-refractivity contribution in [3.05, 3.63) is 47.8 Å². The molecule has 0 atom stereocenters. The first kappa shape index (κ1) is 24.3. The lowest BCUT2D eigenvalue weighted by Gasteiger charge is -2.33. The number of anilines is 1. The number of carbonyl (C=O) groups is 1. The molecular weight excluding hydrogens is 485 g/mol. The Bertz CT molecular complexity index is 1230. The Balaban J connectivity index is 1.24. The molecule has 2 fully saturated rings. The number of hydrogen-bond acceptors (Lipinski definition) is 5. The fourth-order valence-corrected chi connectivity index (χ4v) is 4.80. The van der Waals surface area contributed by atoms with Crippen molar-refractivity contribution in [2.24, 2.45) is 0 Å². The molecular formula is C24H24F5N5O2. The number of carbonyl (C=O) groups excluding carboxylic acids is 1. The average molecular weight is 509 g/mol. The van der Waals surface area contributed by atoms with E-state index in [1.54, 1.807) is 11.1 Å². The molecule has 0 radical (unpaired) electrons. The zero-order valence-corrected chi connectivity index (χ0v) is 19.2. The zero-order chi connectivity index (χ0) is 25.5. The summed E-state index contributed by atoms with van der Waals surface area (Å²) in [5.74, 6) is -2.58. The van der Waals surface area contributed by atoms with Crippen LogP contribution in [0.4, 0.5) is 27.8 Å². The van der Waals surface area contributed by atoms with E-state index in [1.807, 2.05) is 11.1 Å². The molecule has 7 nitrogen and oxygen atoms in total. The van der Waals surface area contributed by atoms with Crippen molar-refractivity contribution in [2.45, 2.75) is 43.9 Å². The van der Waals surface area contributed by atoms with Crippen molar-refractivity contribution in [1.82, 2.24) is 19.9 Å². The molecule has 192 valence electrons. The number of aromatic amines is 1. The van der Waals surface area contributed by atoms with Gasteiger partial charge in [0.25, 0.3) is 11.8 Å². The lowest BCUT2D eigenvalue weighted by molar-refractivity contribution is -0.274. The first-order valence-corrected chi connectivity index (χ1v) is 11.7. The van der Waals surface area contributed by atoms with Gasteiger partial charge in [0.15, 0.2) is 5.65 Å². The minimum atomic E-state index is -4.79. The van der Waals surface area contributed by atoms with Crippen LogP contribution in [0.25, 0.3) is 11.2 Å². The number of nitrogens with one attached hydrogen (secondary N) is 1. The molecule has 0 saturated carbocycles. The van der Waals surface area contributed by atoms with Crippen LogP contribution in [0, 0.1) is 0 Å². The number of alkyl halides is 5. The standard InChI is InChI=1S/C24H24F5N5O2/c25-23(26)7-11-33(12-8-23)19-14-31-21-20(32-19)18(13-30-21)15-5-9-34(10-6-15)22(35)16-1-3-17(4-2-16)36-24(27,28)29/h1-4,13-15H,5-12H2,(H,30,31). The van der Waals surface area contributed by atoms with E-state index in [4.69, 9.17) is 4.98 Å². The maximum absolute atomic E-state index is 13.5. The van der Waals surface area contributed by atoms with Gasteiger partial charge >= 0.3 is 6.36 Å². The molecule has 2 aliphatic heterocycles. The number of fused-ring (bicyclic) bond motifs is 1. The zero-order valence-electron chi connectivity index (χ0n) is 19.2. The minimum absolute atomic E-state index is 0.126. The summed E-state index contributed by atoms with van der Waals surface area (Å²) in [6, 6.07) is 4.89. The van der Waals surface area contributed by atoms with Gasteiger partial charge in [-0.2, -0.15) is 0 Å². The molecule has 2 aliphatic rings. The number of benzene rings is 1. The second-order valence-corrected chi connectivity index (χ2v) is 9.15. The summed E-state index contributed by atoms with van der Waals surface area (Å²) in [4.78, 5) is 28.6. The van der Waals surface area contributed by atoms with E-state index < -0.39 is 12.3 Å². The van der Waals surface area contributed by atoms with E-state index in [-0.39, 0.29) is 49.1 Å². The summed E-state index contributed by atoms with van der Waals surface area (Å²) in [7, 11) is 0. The summed E-state index contributed by atoms with van der Waals surface area (Å²) in [5, 5.41) is 0. The smallest absolute Gasteiger partial charge is 0.406 e. The van der Waals surface area contributed by atoms with E-state index in [1.165, 1.54) is 12.1 Å². The maximum Gasteiger partial charge on any atom is 0.573 e. The summed E-state index contributed by atoms with van der Waals surface area (Å²) in [6.07, 6.45) is -0.401. The fourth-order valence-electron chi connectivity index (χ4n) is 4.80. The number of hydrogen-bond donors (Lipinski definition) is 1. The SMILES string of the molecule is O=C(c1ccc(OC(F)(F)F)cc1)N1CCC(c2c[nH]c3ncc(N4CCC(F)(F)CC4)nc23)CC1. The molecule has 1 aromatic carbocycles. The summed E-state index contributed by atoms with van der Waals surface area (Å²) >= 11 is 0. The molecule has 5 rings (SSSR count). The highest BCUT2D eigenvalue weighted by Gasteiger charge is 2.35. The molecule has 2 saturated heterocycles. The molecule has 0 unspecified atom stereocenters. The van der Waals surface area contributed by atoms with Crippen molar-refractivity contribution in [1.29, 1.82) is 0 Å². The van der Waals surface area contributed by atoms with Gasteiger partial charge < -0.3 is 19.5 Å². The fraction of sp³-hybridized carbons (Fsp3) is 0.458. The molecule has 12 heteroatoms. The number of H-pyrrole nitrogens is 1. The van der Waals surface area contributed by atoms with Crippen LogP contribution in [0.5, 0.6) is 5.75 Å². The number of likely N-dealkylation sites (tertiary alicyclic amines) is 1. The van der Waals surface area contributed by atoms with Crippen LogP contribution in [0.3, 0.4) is 0 Å². The van der Waals surface area contributed by atoms with Gasteiger partial charge in [0, 0.05) is 56.3 Å². The van der Waals surface area contributed by atoms with E-state index >= 15 is 0 Å². The Morgan fingerprint density at radius 1 is 1.06 bits per heavy atom. The Hall–Kier alpha value is -3.44. The monoisotopic (exact) mass is 509 g/mol. The molecule has 0 aliphatic carbocycles. The van der Waals surface area contributed by atoms with Crippen LogP contribution in [0.15, 0.2) is 36.7 Å². The second kappa shape index (κ2) is 9.21. The van der Waals surface area contributed by atoms with Crippen LogP contribution in [-0.4, -0.2) is 64.2 Å². The number of aromatic nitrogens is 3. The third-order valence-electron chi connectivity index (χ3n) is 6.77. The summed E-state index contributed by atoms with van der Waals surface area (Å²) < 4.78 is 68.0. The highest BCUT2D eigenvalue weighted by Crippen LogP contribution is 2.34. The maximum atomic E-state index is 13.5. The molecule has 0 bridgehead atoms. The third-order valence-corrected chi connectivity index (χ3v) is 6.77. The van der Waals surface area contributed by atoms with Crippen molar-refractivity contribution >= 4 is 22.9 Å². The lowest BCUT2D eigenvalue weighted by Crippen LogP contribution is -2.39. The Morgan fingerprint density at radius 2 is 1.72 bits per heavy atom. The predicted octanol–water partition coefficient (Wildman–Crippen LogP) is 5.11. The molecule has 1 amide bonds. The van der Waals surface area contributed by atoms with Crippen LogP contribution in [0.1, 0.15) is 47.5 Å². The Labute approximate surface area is 203 Å².